The van der Waals surface area contributed by atoms with Crippen LogP contribution in [0.15, 0.2) is 30.3 Å². The molecule has 0 spiro atoms. The van der Waals surface area contributed by atoms with Gasteiger partial charge in [0.15, 0.2) is 23.3 Å². The molecule has 2 rings (SSSR count). The fraction of sp³-hybridized carbons (Fsp3) is 0.188. The molecular weight excluding hydrogens is 317 g/mol. The molecule has 1 atom stereocenters. The van der Waals surface area contributed by atoms with Crippen LogP contribution < -0.4 is 5.32 Å². The second-order valence-corrected chi connectivity index (χ2v) is 5.02. The summed E-state index contributed by atoms with van der Waals surface area (Å²) in [7, 11) is 0. The Labute approximate surface area is 128 Å². The molecule has 7 heteroatoms. The standard InChI is InChI=1S/C16H12F5NO/c1-8(7-9-5-3-2-4-6-9)16(23)22-15-13(20)11(18)10(17)12(19)14(15)21/h2-6,8H,7H2,1H3,(H,22,23). The van der Waals surface area contributed by atoms with E-state index in [1.54, 1.807) is 35.6 Å². The first kappa shape index (κ1) is 16.9. The van der Waals surface area contributed by atoms with Gasteiger partial charge >= 0.3 is 0 Å². The molecule has 2 aromatic carbocycles. The summed E-state index contributed by atoms with van der Waals surface area (Å²) in [5, 5.41) is 1.77. The van der Waals surface area contributed by atoms with Crippen LogP contribution in [0.1, 0.15) is 12.5 Å². The van der Waals surface area contributed by atoms with E-state index in [0.717, 1.165) is 5.56 Å². The fourth-order valence-corrected chi connectivity index (χ4v) is 2.02. The quantitative estimate of drug-likeness (QED) is 0.508. The van der Waals surface area contributed by atoms with Gasteiger partial charge < -0.3 is 5.32 Å². The second kappa shape index (κ2) is 6.76. The Bertz CT molecular complexity index is 704. The van der Waals surface area contributed by atoms with Crippen LogP contribution in [0.5, 0.6) is 0 Å². The molecule has 0 saturated carbocycles. The summed E-state index contributed by atoms with van der Waals surface area (Å²) in [6.07, 6.45) is 0.252. The van der Waals surface area contributed by atoms with Crippen molar-refractivity contribution in [1.82, 2.24) is 0 Å². The summed E-state index contributed by atoms with van der Waals surface area (Å²) in [6, 6.07) is 8.79. The molecule has 23 heavy (non-hydrogen) atoms. The summed E-state index contributed by atoms with van der Waals surface area (Å²) < 4.78 is 66.2. The fourth-order valence-electron chi connectivity index (χ4n) is 2.02. The minimum Gasteiger partial charge on any atom is -0.321 e. The molecule has 1 N–H and O–H groups in total. The highest BCUT2D eigenvalue weighted by molar-refractivity contribution is 5.92. The summed E-state index contributed by atoms with van der Waals surface area (Å²) in [4.78, 5) is 11.9. The van der Waals surface area contributed by atoms with Gasteiger partial charge in [-0.2, -0.15) is 0 Å². The lowest BCUT2D eigenvalue weighted by molar-refractivity contribution is -0.119. The van der Waals surface area contributed by atoms with Crippen LogP contribution in [0.4, 0.5) is 27.6 Å². The Morgan fingerprint density at radius 3 is 1.91 bits per heavy atom. The summed E-state index contributed by atoms with van der Waals surface area (Å²) >= 11 is 0. The molecule has 2 aromatic rings. The number of nitrogens with one attached hydrogen (secondary N) is 1. The van der Waals surface area contributed by atoms with Gasteiger partial charge in [0.25, 0.3) is 0 Å². The highest BCUT2D eigenvalue weighted by Crippen LogP contribution is 2.27. The van der Waals surface area contributed by atoms with Crippen molar-refractivity contribution in [2.24, 2.45) is 5.92 Å². The first-order chi connectivity index (χ1) is 10.8. The van der Waals surface area contributed by atoms with E-state index >= 15 is 0 Å². The number of anilines is 1. The van der Waals surface area contributed by atoms with Crippen molar-refractivity contribution in [2.75, 3.05) is 5.32 Å². The summed E-state index contributed by atoms with van der Waals surface area (Å²) in [5.41, 5.74) is -0.543. The zero-order valence-corrected chi connectivity index (χ0v) is 12.0. The number of rotatable bonds is 4. The summed E-state index contributed by atoms with van der Waals surface area (Å²) in [6.45, 7) is 1.48. The molecule has 0 aliphatic rings. The van der Waals surface area contributed by atoms with Crippen LogP contribution in [0.25, 0.3) is 0 Å². The molecule has 0 fully saturated rings. The molecule has 2 nitrogen and oxygen atoms in total. The maximum absolute atomic E-state index is 13.5. The lowest BCUT2D eigenvalue weighted by Gasteiger charge is -2.14. The van der Waals surface area contributed by atoms with Crippen LogP contribution in [0.2, 0.25) is 0 Å². The monoisotopic (exact) mass is 329 g/mol. The van der Waals surface area contributed by atoms with E-state index in [-0.39, 0.29) is 6.42 Å². The number of benzene rings is 2. The molecule has 0 aromatic heterocycles. The van der Waals surface area contributed by atoms with Crippen molar-refractivity contribution >= 4 is 11.6 Å². The highest BCUT2D eigenvalue weighted by Gasteiger charge is 2.27. The van der Waals surface area contributed by atoms with Crippen LogP contribution in [-0.2, 0) is 11.2 Å². The van der Waals surface area contributed by atoms with Gasteiger partial charge in [-0.25, -0.2) is 22.0 Å². The maximum atomic E-state index is 13.5. The summed E-state index contributed by atoms with van der Waals surface area (Å²) in [5.74, 6) is -12.2. The third-order valence-corrected chi connectivity index (χ3v) is 3.29. The lowest BCUT2D eigenvalue weighted by Crippen LogP contribution is -2.24. The Hall–Kier alpha value is -2.44. The van der Waals surface area contributed by atoms with Crippen molar-refractivity contribution < 1.29 is 26.7 Å². The van der Waals surface area contributed by atoms with Crippen LogP contribution in [0, 0.1) is 35.0 Å². The lowest BCUT2D eigenvalue weighted by atomic mass is 10.0. The minimum absolute atomic E-state index is 0.252. The SMILES string of the molecule is CC(Cc1ccccc1)C(=O)Nc1c(F)c(F)c(F)c(F)c1F. The molecular formula is C16H12F5NO. The van der Waals surface area contributed by atoms with Crippen molar-refractivity contribution in [3.8, 4) is 0 Å². The van der Waals surface area contributed by atoms with Crippen molar-refractivity contribution in [1.29, 1.82) is 0 Å². The number of hydrogen-bond donors (Lipinski definition) is 1. The van der Waals surface area contributed by atoms with Gasteiger partial charge in [-0.3, -0.25) is 4.79 Å². The van der Waals surface area contributed by atoms with Crippen molar-refractivity contribution in [2.45, 2.75) is 13.3 Å². The topological polar surface area (TPSA) is 29.1 Å². The Kier molecular flexibility index (Phi) is 4.98. The maximum Gasteiger partial charge on any atom is 0.227 e. The largest absolute Gasteiger partial charge is 0.321 e. The van der Waals surface area contributed by atoms with Crippen LogP contribution in [-0.4, -0.2) is 5.91 Å². The van der Waals surface area contributed by atoms with Gasteiger partial charge in [0.2, 0.25) is 11.7 Å². The van der Waals surface area contributed by atoms with Gasteiger partial charge in [0, 0.05) is 5.92 Å². The van der Waals surface area contributed by atoms with Crippen molar-refractivity contribution in [3.63, 3.8) is 0 Å². The molecule has 122 valence electrons. The van der Waals surface area contributed by atoms with E-state index in [0.29, 0.717) is 0 Å². The minimum atomic E-state index is -2.27. The number of halogens is 5. The normalized spacial score (nSPS) is 12.1. The Balaban J connectivity index is 2.20. The molecule has 0 saturated heterocycles. The van der Waals surface area contributed by atoms with E-state index in [2.05, 4.69) is 0 Å². The number of carbonyl (C=O) groups excluding carboxylic acids is 1. The number of amides is 1. The predicted octanol–water partition coefficient (Wildman–Crippen LogP) is 4.20. The van der Waals surface area contributed by atoms with Crippen LogP contribution >= 0.6 is 0 Å². The number of hydrogen-bond acceptors (Lipinski definition) is 1. The Morgan fingerprint density at radius 1 is 0.913 bits per heavy atom. The molecule has 1 unspecified atom stereocenters. The molecule has 1 amide bonds. The predicted molar refractivity (Wildman–Crippen MR) is 74.2 cm³/mol. The van der Waals surface area contributed by atoms with Crippen molar-refractivity contribution in [3.05, 3.63) is 65.0 Å². The first-order valence-electron chi connectivity index (χ1n) is 6.69. The zero-order chi connectivity index (χ0) is 17.1. The molecule has 0 bridgehead atoms. The highest BCUT2D eigenvalue weighted by atomic mass is 19.2. The Morgan fingerprint density at radius 2 is 1.39 bits per heavy atom. The molecule has 0 aliphatic heterocycles. The van der Waals surface area contributed by atoms with E-state index in [9.17, 15) is 26.7 Å². The second-order valence-electron chi connectivity index (χ2n) is 5.02. The van der Waals surface area contributed by atoms with Gasteiger partial charge in [0.05, 0.1) is 0 Å². The van der Waals surface area contributed by atoms with Gasteiger partial charge in [-0.1, -0.05) is 37.3 Å². The molecule has 0 aliphatic carbocycles. The van der Waals surface area contributed by atoms with Gasteiger partial charge in [-0.15, -0.1) is 0 Å². The van der Waals surface area contributed by atoms with E-state index in [4.69, 9.17) is 0 Å². The van der Waals surface area contributed by atoms with Crippen LogP contribution in [0.3, 0.4) is 0 Å². The van der Waals surface area contributed by atoms with Gasteiger partial charge in [-0.05, 0) is 12.0 Å². The zero-order valence-electron chi connectivity index (χ0n) is 12.0. The third-order valence-electron chi connectivity index (χ3n) is 3.29. The first-order valence-corrected chi connectivity index (χ1v) is 6.69. The van der Waals surface area contributed by atoms with E-state index in [1.807, 2.05) is 0 Å². The molecule has 0 radical (unpaired) electrons. The van der Waals surface area contributed by atoms with E-state index in [1.165, 1.54) is 6.92 Å². The van der Waals surface area contributed by atoms with Gasteiger partial charge in [0.1, 0.15) is 5.69 Å². The molecule has 0 heterocycles. The van der Waals surface area contributed by atoms with E-state index < -0.39 is 46.6 Å². The average molecular weight is 329 g/mol. The third kappa shape index (κ3) is 3.49. The average Bonchev–Trinajstić information content (AvgIpc) is 2.55. The number of carbonyl (C=O) groups is 1. The smallest absolute Gasteiger partial charge is 0.227 e.